The summed E-state index contributed by atoms with van der Waals surface area (Å²) in [5.41, 5.74) is 2.98. The standard InChI is InChI=1S/C23H32N2/c1-24(15-20-9-5-3-6-10-20)14-13-22-17-25(2,19-23(22)18-24)16-21-11-7-4-8-12-21/h3-12,22-23H,13-19H2,1-2H3/q+2/t22-,23+,24?,25?/m1/s1. The maximum absolute atomic E-state index is 2.48. The van der Waals surface area contributed by atoms with E-state index in [9.17, 15) is 0 Å². The smallest absolute Gasteiger partial charge is 0.104 e. The molecule has 2 unspecified atom stereocenters. The molecule has 2 aromatic rings. The molecule has 0 aromatic heterocycles. The molecule has 4 rings (SSSR count). The summed E-state index contributed by atoms with van der Waals surface area (Å²) in [7, 11) is 4.95. The lowest BCUT2D eigenvalue weighted by molar-refractivity contribution is -0.935. The van der Waals surface area contributed by atoms with Gasteiger partial charge >= 0.3 is 0 Å². The van der Waals surface area contributed by atoms with Crippen LogP contribution in [0.1, 0.15) is 17.5 Å². The van der Waals surface area contributed by atoms with Crippen LogP contribution in [0.3, 0.4) is 0 Å². The summed E-state index contributed by atoms with van der Waals surface area (Å²) in [6.07, 6.45) is 1.40. The highest BCUT2D eigenvalue weighted by atomic mass is 15.4. The summed E-state index contributed by atoms with van der Waals surface area (Å²) >= 11 is 0. The molecule has 2 aromatic carbocycles. The number of likely N-dealkylation sites (tertiary alicyclic amines) is 2. The summed E-state index contributed by atoms with van der Waals surface area (Å²) < 4.78 is 2.45. The normalized spacial score (nSPS) is 34.6. The van der Waals surface area contributed by atoms with Crippen molar-refractivity contribution in [3.05, 3.63) is 71.8 Å². The van der Waals surface area contributed by atoms with Gasteiger partial charge in [0, 0.05) is 23.5 Å². The molecule has 2 heteroatoms. The minimum Gasteiger partial charge on any atom is -0.322 e. The Kier molecular flexibility index (Phi) is 4.43. The van der Waals surface area contributed by atoms with E-state index in [1.54, 1.807) is 0 Å². The van der Waals surface area contributed by atoms with Crippen LogP contribution in [0.2, 0.25) is 0 Å². The third-order valence-electron chi connectivity index (χ3n) is 6.55. The van der Waals surface area contributed by atoms with Crippen molar-refractivity contribution in [1.82, 2.24) is 0 Å². The maximum Gasteiger partial charge on any atom is 0.104 e. The van der Waals surface area contributed by atoms with Gasteiger partial charge in [0.2, 0.25) is 0 Å². The van der Waals surface area contributed by atoms with Gasteiger partial charge in [0.05, 0.1) is 46.2 Å². The van der Waals surface area contributed by atoms with Crippen molar-refractivity contribution in [3.8, 4) is 0 Å². The quantitative estimate of drug-likeness (QED) is 0.742. The van der Waals surface area contributed by atoms with Crippen LogP contribution in [0.15, 0.2) is 60.7 Å². The molecule has 2 nitrogen and oxygen atoms in total. The van der Waals surface area contributed by atoms with Crippen LogP contribution >= 0.6 is 0 Å². The average molecular weight is 337 g/mol. The first-order valence-electron chi connectivity index (χ1n) is 9.79. The fraction of sp³-hybridized carbons (Fsp3) is 0.478. The summed E-state index contributed by atoms with van der Waals surface area (Å²) in [6, 6.07) is 22.1. The highest BCUT2D eigenvalue weighted by Gasteiger charge is 2.49. The zero-order chi connectivity index (χ0) is 17.3. The van der Waals surface area contributed by atoms with E-state index >= 15 is 0 Å². The van der Waals surface area contributed by atoms with E-state index in [0.717, 1.165) is 11.8 Å². The minimum absolute atomic E-state index is 0.885. The highest BCUT2D eigenvalue weighted by Crippen LogP contribution is 2.38. The summed E-state index contributed by atoms with van der Waals surface area (Å²) in [5.74, 6) is 1.81. The van der Waals surface area contributed by atoms with Gasteiger partial charge < -0.3 is 8.97 Å². The molecule has 0 bridgehead atoms. The SMILES string of the molecule is C[N+]1(Cc2ccccc2)CC[C@@H]2C[N+](C)(Cc3ccccc3)C[C@@H]2C1. The van der Waals surface area contributed by atoms with E-state index in [4.69, 9.17) is 0 Å². The van der Waals surface area contributed by atoms with Crippen molar-refractivity contribution in [2.24, 2.45) is 11.8 Å². The molecule has 0 N–H and O–H groups in total. The van der Waals surface area contributed by atoms with Crippen LogP contribution in [0.25, 0.3) is 0 Å². The number of rotatable bonds is 4. The van der Waals surface area contributed by atoms with Gasteiger partial charge in [0.1, 0.15) is 13.1 Å². The number of piperidine rings is 1. The van der Waals surface area contributed by atoms with Crippen molar-refractivity contribution >= 4 is 0 Å². The molecule has 2 saturated heterocycles. The zero-order valence-corrected chi connectivity index (χ0v) is 15.8. The lowest BCUT2D eigenvalue weighted by atomic mass is 9.87. The van der Waals surface area contributed by atoms with E-state index in [2.05, 4.69) is 74.8 Å². The van der Waals surface area contributed by atoms with Crippen LogP contribution in [-0.2, 0) is 13.1 Å². The van der Waals surface area contributed by atoms with Gasteiger partial charge in [-0.25, -0.2) is 0 Å². The number of hydrogen-bond donors (Lipinski definition) is 0. The Bertz CT molecular complexity index is 657. The second-order valence-electron chi connectivity index (χ2n) is 9.11. The fourth-order valence-corrected chi connectivity index (χ4v) is 5.49. The van der Waals surface area contributed by atoms with E-state index in [-0.39, 0.29) is 0 Å². The first-order chi connectivity index (χ1) is 12.0. The van der Waals surface area contributed by atoms with Gasteiger partial charge in [-0.2, -0.15) is 0 Å². The molecule has 2 fully saturated rings. The molecule has 2 heterocycles. The Morgan fingerprint density at radius 3 is 1.76 bits per heavy atom. The number of fused-ring (bicyclic) bond motifs is 1. The molecule has 132 valence electrons. The molecule has 4 atom stereocenters. The Morgan fingerprint density at radius 2 is 1.16 bits per heavy atom. The molecule has 0 spiro atoms. The molecule has 0 radical (unpaired) electrons. The predicted octanol–water partition coefficient (Wildman–Crippen LogP) is 3.93. The van der Waals surface area contributed by atoms with Gasteiger partial charge in [0.25, 0.3) is 0 Å². The Hall–Kier alpha value is -1.64. The van der Waals surface area contributed by atoms with Crippen LogP contribution < -0.4 is 0 Å². The van der Waals surface area contributed by atoms with Crippen molar-refractivity contribution in [3.63, 3.8) is 0 Å². The fourth-order valence-electron chi connectivity index (χ4n) is 5.49. The molecular formula is C23H32N2+2. The van der Waals surface area contributed by atoms with Gasteiger partial charge in [-0.3, -0.25) is 0 Å². The minimum atomic E-state index is 0.885. The number of nitrogens with zero attached hydrogens (tertiary/aromatic N) is 2. The van der Waals surface area contributed by atoms with Crippen LogP contribution in [0, 0.1) is 11.8 Å². The van der Waals surface area contributed by atoms with Crippen LogP contribution in [-0.4, -0.2) is 49.2 Å². The lowest BCUT2D eigenvalue weighted by Gasteiger charge is -2.41. The van der Waals surface area contributed by atoms with E-state index in [1.165, 1.54) is 65.8 Å². The Balaban J connectivity index is 1.43. The van der Waals surface area contributed by atoms with Crippen molar-refractivity contribution < 1.29 is 8.97 Å². The summed E-state index contributed by atoms with van der Waals surface area (Å²) in [4.78, 5) is 0. The number of benzene rings is 2. The molecule has 0 amide bonds. The van der Waals surface area contributed by atoms with Crippen LogP contribution in [0.5, 0.6) is 0 Å². The maximum atomic E-state index is 2.48. The molecular weight excluding hydrogens is 304 g/mol. The molecule has 0 saturated carbocycles. The largest absolute Gasteiger partial charge is 0.322 e. The van der Waals surface area contributed by atoms with Crippen molar-refractivity contribution in [2.45, 2.75) is 19.5 Å². The summed E-state index contributed by atoms with van der Waals surface area (Å²) in [6.45, 7) is 7.78. The first-order valence-corrected chi connectivity index (χ1v) is 9.79. The molecule has 0 aliphatic carbocycles. The second-order valence-corrected chi connectivity index (χ2v) is 9.11. The van der Waals surface area contributed by atoms with E-state index < -0.39 is 0 Å². The number of quaternary nitrogens is 2. The van der Waals surface area contributed by atoms with E-state index in [1.807, 2.05) is 0 Å². The van der Waals surface area contributed by atoms with Crippen molar-refractivity contribution in [2.75, 3.05) is 40.3 Å². The molecule has 25 heavy (non-hydrogen) atoms. The predicted molar refractivity (Wildman–Crippen MR) is 104 cm³/mol. The summed E-state index contributed by atoms with van der Waals surface area (Å²) in [5, 5.41) is 0. The van der Waals surface area contributed by atoms with E-state index in [0.29, 0.717) is 0 Å². The Morgan fingerprint density at radius 1 is 0.680 bits per heavy atom. The van der Waals surface area contributed by atoms with Crippen molar-refractivity contribution in [1.29, 1.82) is 0 Å². The third kappa shape index (κ3) is 3.80. The third-order valence-corrected chi connectivity index (χ3v) is 6.55. The van der Waals surface area contributed by atoms with Gasteiger partial charge in [0.15, 0.2) is 0 Å². The topological polar surface area (TPSA) is 0 Å². The average Bonchev–Trinajstić information content (AvgIpc) is 2.91. The molecule has 2 aliphatic heterocycles. The lowest BCUT2D eigenvalue weighted by Crippen LogP contribution is -2.52. The van der Waals surface area contributed by atoms with Gasteiger partial charge in [-0.15, -0.1) is 0 Å². The number of hydrogen-bond acceptors (Lipinski definition) is 0. The highest BCUT2D eigenvalue weighted by molar-refractivity contribution is 5.14. The molecule has 2 aliphatic rings. The van der Waals surface area contributed by atoms with Gasteiger partial charge in [-0.05, 0) is 0 Å². The zero-order valence-electron chi connectivity index (χ0n) is 15.8. The Labute approximate surface area is 152 Å². The van der Waals surface area contributed by atoms with Gasteiger partial charge in [-0.1, -0.05) is 60.7 Å². The van der Waals surface area contributed by atoms with Crippen LogP contribution in [0.4, 0.5) is 0 Å². The monoisotopic (exact) mass is 336 g/mol. The second kappa shape index (κ2) is 6.59. The first kappa shape index (κ1) is 16.8.